The van der Waals surface area contributed by atoms with E-state index in [4.69, 9.17) is 0 Å². The van der Waals surface area contributed by atoms with Crippen LogP contribution in [0.15, 0.2) is 42.5 Å². The van der Waals surface area contributed by atoms with E-state index < -0.39 is 28.9 Å². The molecule has 5 heteroatoms. The lowest BCUT2D eigenvalue weighted by atomic mass is 9.81. The van der Waals surface area contributed by atoms with Crippen molar-refractivity contribution < 1.29 is 18.0 Å². The molecule has 0 radical (unpaired) electrons. The Morgan fingerprint density at radius 1 is 0.962 bits per heavy atom. The van der Waals surface area contributed by atoms with Gasteiger partial charge >= 0.3 is 0 Å². The smallest absolute Gasteiger partial charge is 0.254 e. The monoisotopic (exact) mass is 361 g/mol. The van der Waals surface area contributed by atoms with Crippen LogP contribution in [0.3, 0.4) is 0 Å². The Labute approximate surface area is 151 Å². The molecule has 3 rings (SSSR count). The molecule has 2 nitrogen and oxygen atoms in total. The topological polar surface area (TPSA) is 29.1 Å². The number of benzene rings is 2. The first-order chi connectivity index (χ1) is 12.5. The highest BCUT2D eigenvalue weighted by Gasteiger charge is 2.27. The molecule has 1 aliphatic rings. The van der Waals surface area contributed by atoms with Crippen molar-refractivity contribution in [3.05, 3.63) is 71.0 Å². The molecule has 1 amide bonds. The molecule has 0 spiro atoms. The lowest BCUT2D eigenvalue weighted by molar-refractivity contribution is 0.0908. The molecule has 1 fully saturated rings. The molecule has 2 aromatic rings. The van der Waals surface area contributed by atoms with Gasteiger partial charge in [-0.15, -0.1) is 0 Å². The fraction of sp³-hybridized carbons (Fsp3) is 0.381. The van der Waals surface area contributed by atoms with Crippen molar-refractivity contribution in [3.63, 3.8) is 0 Å². The molecular formula is C21H22F3NO. The summed E-state index contributed by atoms with van der Waals surface area (Å²) in [6, 6.07) is 10.6. The van der Waals surface area contributed by atoms with E-state index in [2.05, 4.69) is 5.32 Å². The summed E-state index contributed by atoms with van der Waals surface area (Å²) in [5.74, 6) is -3.99. The summed E-state index contributed by atoms with van der Waals surface area (Å²) in [5, 5.41) is 2.87. The number of nitrogens with one attached hydrogen (secondary N) is 1. The second-order valence-electron chi connectivity index (χ2n) is 6.91. The molecular weight excluding hydrogens is 339 g/mol. The van der Waals surface area contributed by atoms with E-state index in [1.807, 2.05) is 30.3 Å². The molecule has 1 unspecified atom stereocenters. The van der Waals surface area contributed by atoms with Crippen LogP contribution in [0.2, 0.25) is 0 Å². The van der Waals surface area contributed by atoms with E-state index in [1.54, 1.807) is 0 Å². The predicted molar refractivity (Wildman–Crippen MR) is 94.3 cm³/mol. The van der Waals surface area contributed by atoms with Gasteiger partial charge in [0.25, 0.3) is 5.91 Å². The zero-order valence-corrected chi connectivity index (χ0v) is 14.5. The van der Waals surface area contributed by atoms with Gasteiger partial charge in [0.15, 0.2) is 11.6 Å². The third-order valence-corrected chi connectivity index (χ3v) is 5.09. The van der Waals surface area contributed by atoms with Crippen LogP contribution in [-0.4, -0.2) is 11.9 Å². The Balaban J connectivity index is 1.80. The Kier molecular flexibility index (Phi) is 5.96. The number of amides is 1. The molecule has 1 N–H and O–H groups in total. The minimum Gasteiger partial charge on any atom is -0.349 e. The SMILES string of the molecule is O=C(NC(Cc1ccccc1)C1CCCCC1)c1cc(F)c(F)cc1F. The fourth-order valence-electron chi connectivity index (χ4n) is 3.68. The van der Waals surface area contributed by atoms with Gasteiger partial charge in [-0.25, -0.2) is 13.2 Å². The van der Waals surface area contributed by atoms with Gasteiger partial charge in [-0.1, -0.05) is 49.6 Å². The zero-order valence-electron chi connectivity index (χ0n) is 14.5. The summed E-state index contributed by atoms with van der Waals surface area (Å²) in [7, 11) is 0. The van der Waals surface area contributed by atoms with Crippen molar-refractivity contribution in [1.82, 2.24) is 5.32 Å². The van der Waals surface area contributed by atoms with Crippen molar-refractivity contribution in [2.75, 3.05) is 0 Å². The first kappa shape index (κ1) is 18.5. The van der Waals surface area contributed by atoms with Crippen LogP contribution in [-0.2, 0) is 6.42 Å². The molecule has 0 saturated heterocycles. The highest BCUT2D eigenvalue weighted by Crippen LogP contribution is 2.28. The molecule has 26 heavy (non-hydrogen) atoms. The number of carbonyl (C=O) groups is 1. The first-order valence-corrected chi connectivity index (χ1v) is 9.04. The van der Waals surface area contributed by atoms with Crippen molar-refractivity contribution in [2.45, 2.75) is 44.6 Å². The lowest BCUT2D eigenvalue weighted by Crippen LogP contribution is -2.43. The fourth-order valence-corrected chi connectivity index (χ4v) is 3.68. The van der Waals surface area contributed by atoms with Gasteiger partial charge in [-0.3, -0.25) is 4.79 Å². The number of halogens is 3. The van der Waals surface area contributed by atoms with Crippen LogP contribution < -0.4 is 5.32 Å². The minimum absolute atomic E-state index is 0.169. The van der Waals surface area contributed by atoms with Gasteiger partial charge < -0.3 is 5.32 Å². The maximum absolute atomic E-state index is 13.9. The third-order valence-electron chi connectivity index (χ3n) is 5.09. The molecule has 1 aliphatic carbocycles. The summed E-state index contributed by atoms with van der Waals surface area (Å²) < 4.78 is 40.5. The van der Waals surface area contributed by atoms with Crippen LogP contribution in [0.1, 0.15) is 48.0 Å². The summed E-state index contributed by atoms with van der Waals surface area (Å²) >= 11 is 0. The van der Waals surface area contributed by atoms with Crippen molar-refractivity contribution in [3.8, 4) is 0 Å². The van der Waals surface area contributed by atoms with Crippen LogP contribution in [0, 0.1) is 23.4 Å². The van der Waals surface area contributed by atoms with E-state index in [0.29, 0.717) is 24.5 Å². The minimum atomic E-state index is -1.30. The number of carbonyl (C=O) groups excluding carboxylic acids is 1. The Bertz CT molecular complexity index is 757. The highest BCUT2D eigenvalue weighted by molar-refractivity contribution is 5.94. The normalized spacial score (nSPS) is 16.3. The quantitative estimate of drug-likeness (QED) is 0.744. The average molecular weight is 361 g/mol. The van der Waals surface area contributed by atoms with E-state index in [-0.39, 0.29) is 6.04 Å². The number of hydrogen-bond donors (Lipinski definition) is 1. The number of hydrogen-bond acceptors (Lipinski definition) is 1. The molecule has 2 aromatic carbocycles. The van der Waals surface area contributed by atoms with Gasteiger partial charge in [0.05, 0.1) is 5.56 Å². The molecule has 0 aliphatic heterocycles. The summed E-state index contributed by atoms with van der Waals surface area (Å²) in [4.78, 5) is 12.5. The van der Waals surface area contributed by atoms with Crippen LogP contribution in [0.4, 0.5) is 13.2 Å². The average Bonchev–Trinajstić information content (AvgIpc) is 2.65. The van der Waals surface area contributed by atoms with Crippen molar-refractivity contribution >= 4 is 5.91 Å². The summed E-state index contributed by atoms with van der Waals surface area (Å²) in [5.41, 5.74) is 0.618. The van der Waals surface area contributed by atoms with Crippen LogP contribution in [0.25, 0.3) is 0 Å². The maximum atomic E-state index is 13.9. The largest absolute Gasteiger partial charge is 0.349 e. The standard InChI is InChI=1S/C21H22F3NO/c22-17-13-19(24)18(23)12-16(17)21(26)25-20(15-9-5-2-6-10-15)11-14-7-3-1-4-8-14/h1,3-4,7-8,12-13,15,20H,2,5-6,9-11H2,(H,25,26). The van der Waals surface area contributed by atoms with Crippen molar-refractivity contribution in [2.24, 2.45) is 5.92 Å². The Hall–Kier alpha value is -2.30. The second-order valence-corrected chi connectivity index (χ2v) is 6.91. The van der Waals surface area contributed by atoms with E-state index in [9.17, 15) is 18.0 Å². The van der Waals surface area contributed by atoms with Gasteiger partial charge in [0, 0.05) is 12.1 Å². The zero-order chi connectivity index (χ0) is 18.5. The number of rotatable bonds is 5. The second kappa shape index (κ2) is 8.39. The Morgan fingerprint density at radius 3 is 2.31 bits per heavy atom. The van der Waals surface area contributed by atoms with Gasteiger partial charge in [-0.2, -0.15) is 0 Å². The van der Waals surface area contributed by atoms with E-state index >= 15 is 0 Å². The molecule has 0 heterocycles. The molecule has 138 valence electrons. The van der Waals surface area contributed by atoms with E-state index in [0.717, 1.165) is 31.2 Å². The molecule has 0 aromatic heterocycles. The molecule has 0 bridgehead atoms. The molecule has 1 atom stereocenters. The van der Waals surface area contributed by atoms with Gasteiger partial charge in [0.1, 0.15) is 5.82 Å². The summed E-state index contributed by atoms with van der Waals surface area (Å²) in [6.07, 6.45) is 6.01. The van der Waals surface area contributed by atoms with Crippen LogP contribution >= 0.6 is 0 Å². The van der Waals surface area contributed by atoms with Gasteiger partial charge in [-0.05, 0) is 36.8 Å². The lowest BCUT2D eigenvalue weighted by Gasteiger charge is -2.31. The van der Waals surface area contributed by atoms with Crippen molar-refractivity contribution in [1.29, 1.82) is 0 Å². The Morgan fingerprint density at radius 2 is 1.62 bits per heavy atom. The predicted octanol–water partition coefficient (Wildman–Crippen LogP) is 5.03. The molecule has 1 saturated carbocycles. The highest BCUT2D eigenvalue weighted by atomic mass is 19.2. The van der Waals surface area contributed by atoms with Crippen LogP contribution in [0.5, 0.6) is 0 Å². The summed E-state index contributed by atoms with van der Waals surface area (Å²) in [6.45, 7) is 0. The third kappa shape index (κ3) is 4.45. The van der Waals surface area contributed by atoms with Gasteiger partial charge in [0.2, 0.25) is 0 Å². The first-order valence-electron chi connectivity index (χ1n) is 9.04. The maximum Gasteiger partial charge on any atom is 0.254 e. The van der Waals surface area contributed by atoms with E-state index in [1.165, 1.54) is 6.42 Å².